The van der Waals surface area contributed by atoms with Crippen LogP contribution in [0.5, 0.6) is 0 Å². The third kappa shape index (κ3) is 66.5. The molecule has 0 amide bonds. The average molecular weight is 1340 g/mol. The summed E-state index contributed by atoms with van der Waals surface area (Å²) in [5.74, 6) is -1.44. The first-order valence-corrected chi connectivity index (χ1v) is 40.6. The minimum absolute atomic E-state index is 0.103. The molecule has 0 heterocycles. The third-order valence-electron chi connectivity index (χ3n) is 16.8. The van der Waals surface area contributed by atoms with Gasteiger partial charge >= 0.3 is 39.5 Å². The molecule has 0 aromatic rings. The average Bonchev–Trinajstić information content (AvgIpc) is 3.65. The molecule has 5 atom stereocenters. The normalized spacial score (nSPS) is 14.0. The van der Waals surface area contributed by atoms with Crippen LogP contribution in [0.25, 0.3) is 0 Å². The molecule has 0 fully saturated rings. The zero-order valence-corrected chi connectivity index (χ0v) is 60.8. The van der Waals surface area contributed by atoms with Gasteiger partial charge in [0.25, 0.3) is 0 Å². The fourth-order valence-electron chi connectivity index (χ4n) is 11.0. The molecule has 17 nitrogen and oxygen atoms in total. The number of phosphoric acid groups is 2. The predicted molar refractivity (Wildman–Crippen MR) is 368 cm³/mol. The smallest absolute Gasteiger partial charge is 0.462 e. The number of rotatable bonds is 72. The number of carbonyl (C=O) groups excluding carboxylic acids is 4. The number of unbranched alkanes of at least 4 members (excludes halogenated alkanes) is 44. The molecule has 0 aromatic heterocycles. The number of carbonyl (C=O) groups is 4. The fraction of sp³-hybridized carbons (Fsp3) is 0.944. The number of aliphatic hydroxyl groups excluding tert-OH is 1. The van der Waals surface area contributed by atoms with E-state index in [0.717, 1.165) is 96.3 Å². The molecule has 2 unspecified atom stereocenters. The summed E-state index contributed by atoms with van der Waals surface area (Å²) in [5, 5.41) is 10.6. The van der Waals surface area contributed by atoms with Crippen molar-refractivity contribution in [3.8, 4) is 0 Å². The van der Waals surface area contributed by atoms with E-state index in [4.69, 9.17) is 37.0 Å². The summed E-state index contributed by atoms with van der Waals surface area (Å²) in [6.45, 7) is 7.11. The topological polar surface area (TPSA) is 237 Å². The van der Waals surface area contributed by atoms with Crippen LogP contribution in [0, 0.1) is 5.92 Å². The molecule has 0 saturated heterocycles. The van der Waals surface area contributed by atoms with E-state index in [1.165, 1.54) is 193 Å². The summed E-state index contributed by atoms with van der Waals surface area (Å²) in [4.78, 5) is 72.3. The molecule has 0 aliphatic carbocycles. The highest BCUT2D eigenvalue weighted by molar-refractivity contribution is 7.47. The Hall–Kier alpha value is -1.94. The van der Waals surface area contributed by atoms with Crippen LogP contribution >= 0.6 is 15.6 Å². The molecule has 0 saturated carbocycles. The Morgan fingerprint density at radius 2 is 0.505 bits per heavy atom. The Morgan fingerprint density at radius 3 is 0.747 bits per heavy atom. The molecule has 0 rings (SSSR count). The Bertz CT molecular complexity index is 1750. The minimum Gasteiger partial charge on any atom is -0.462 e. The highest BCUT2D eigenvalue weighted by Gasteiger charge is 2.30. The van der Waals surface area contributed by atoms with Crippen molar-refractivity contribution in [1.82, 2.24) is 0 Å². The summed E-state index contributed by atoms with van der Waals surface area (Å²) in [7, 11) is -9.89. The first-order chi connectivity index (χ1) is 44.0. The van der Waals surface area contributed by atoms with E-state index in [2.05, 4.69) is 34.6 Å². The van der Waals surface area contributed by atoms with Crippen LogP contribution in [0.4, 0.5) is 0 Å². The van der Waals surface area contributed by atoms with Crippen LogP contribution in [0.2, 0.25) is 0 Å². The maximum atomic E-state index is 13.0. The molecular formula is C72H140O17P2. The maximum absolute atomic E-state index is 13.0. The zero-order chi connectivity index (χ0) is 67.0. The van der Waals surface area contributed by atoms with E-state index in [0.29, 0.717) is 31.6 Å². The molecule has 0 spiro atoms. The molecule has 0 aliphatic heterocycles. The van der Waals surface area contributed by atoms with Crippen molar-refractivity contribution >= 4 is 39.5 Å². The van der Waals surface area contributed by atoms with Gasteiger partial charge in [-0.3, -0.25) is 37.3 Å². The minimum atomic E-state index is -4.95. The third-order valence-corrected chi connectivity index (χ3v) is 18.7. The van der Waals surface area contributed by atoms with Gasteiger partial charge in [0.05, 0.1) is 26.4 Å². The lowest BCUT2D eigenvalue weighted by Gasteiger charge is -2.21. The van der Waals surface area contributed by atoms with Gasteiger partial charge in [-0.15, -0.1) is 0 Å². The Balaban J connectivity index is 5.13. The highest BCUT2D eigenvalue weighted by atomic mass is 31.2. The van der Waals surface area contributed by atoms with Crippen molar-refractivity contribution in [2.45, 2.75) is 393 Å². The molecule has 0 aromatic carbocycles. The van der Waals surface area contributed by atoms with E-state index < -0.39 is 97.5 Å². The van der Waals surface area contributed by atoms with Crippen LogP contribution in [-0.2, 0) is 65.4 Å². The molecule has 91 heavy (non-hydrogen) atoms. The summed E-state index contributed by atoms with van der Waals surface area (Å²) in [5.41, 5.74) is 0. The number of esters is 4. The van der Waals surface area contributed by atoms with E-state index in [1.807, 2.05) is 0 Å². The molecule has 3 N–H and O–H groups in total. The summed E-state index contributed by atoms with van der Waals surface area (Å²) < 4.78 is 68.1. The SMILES string of the molecule is CCCCCCCCCCCCCCCCCCCCCC(=O)O[C@H](COC(=O)CCCCCCCCCCCCCCCCCCC)COP(=O)(O)OC[C@@H](O)COP(=O)(O)OC[C@@H](COC(=O)CCCCCCC)OC(=O)CCCCCCCCCC(C)C. The van der Waals surface area contributed by atoms with E-state index in [1.54, 1.807) is 0 Å². The van der Waals surface area contributed by atoms with Crippen LogP contribution in [0.15, 0.2) is 0 Å². The number of ether oxygens (including phenoxy) is 4. The predicted octanol–water partition coefficient (Wildman–Crippen LogP) is 20.9. The van der Waals surface area contributed by atoms with E-state index >= 15 is 0 Å². The highest BCUT2D eigenvalue weighted by Crippen LogP contribution is 2.45. The molecule has 0 aliphatic rings. The van der Waals surface area contributed by atoms with Crippen LogP contribution in [0.1, 0.15) is 375 Å². The van der Waals surface area contributed by atoms with Gasteiger partial charge in [-0.2, -0.15) is 0 Å². The van der Waals surface area contributed by atoms with Crippen molar-refractivity contribution in [3.63, 3.8) is 0 Å². The second kappa shape index (κ2) is 65.4. The monoisotopic (exact) mass is 1340 g/mol. The lowest BCUT2D eigenvalue weighted by Crippen LogP contribution is -2.30. The quantitative estimate of drug-likeness (QED) is 0.0222. The number of aliphatic hydroxyl groups is 1. The molecule has 540 valence electrons. The first kappa shape index (κ1) is 89.1. The maximum Gasteiger partial charge on any atom is 0.472 e. The van der Waals surface area contributed by atoms with E-state index in [-0.39, 0.29) is 25.7 Å². The van der Waals surface area contributed by atoms with Crippen molar-refractivity contribution in [2.75, 3.05) is 39.6 Å². The van der Waals surface area contributed by atoms with E-state index in [9.17, 15) is 43.2 Å². The molecule has 0 bridgehead atoms. The van der Waals surface area contributed by atoms with Gasteiger partial charge in [-0.1, -0.05) is 324 Å². The van der Waals surface area contributed by atoms with Gasteiger partial charge in [0.1, 0.15) is 19.3 Å². The van der Waals surface area contributed by atoms with Crippen LogP contribution in [0.3, 0.4) is 0 Å². The Morgan fingerprint density at radius 1 is 0.297 bits per heavy atom. The van der Waals surface area contributed by atoms with Gasteiger partial charge in [-0.05, 0) is 31.6 Å². The second-order valence-electron chi connectivity index (χ2n) is 26.5. The first-order valence-electron chi connectivity index (χ1n) is 37.6. The van der Waals surface area contributed by atoms with Gasteiger partial charge in [0, 0.05) is 25.7 Å². The largest absolute Gasteiger partial charge is 0.472 e. The van der Waals surface area contributed by atoms with Crippen molar-refractivity contribution in [3.05, 3.63) is 0 Å². The van der Waals surface area contributed by atoms with Crippen molar-refractivity contribution in [1.29, 1.82) is 0 Å². The lowest BCUT2D eigenvalue weighted by atomic mass is 10.0. The standard InChI is InChI=1S/C72H140O17P2/c1-6-9-12-15-17-19-21-23-25-27-28-30-32-34-36-38-42-47-52-57-71(76)89-68(62-83-70(75)56-51-46-41-37-35-33-31-29-26-24-22-20-18-16-13-10-7-2)64-87-91(80,81)85-60-66(73)59-84-90(78,79)86-63-67(61-82-69(74)55-50-44-14-11-8-3)88-72(77)58-53-48-43-39-40-45-49-54-65(4)5/h65-68,73H,6-64H2,1-5H3,(H,78,79)(H,80,81)/t66-,67+,68+/m0/s1. The zero-order valence-electron chi connectivity index (χ0n) is 59.0. The van der Waals surface area contributed by atoms with Crippen LogP contribution < -0.4 is 0 Å². The van der Waals surface area contributed by atoms with Crippen LogP contribution in [-0.4, -0.2) is 96.7 Å². The molecular weight excluding hydrogens is 1200 g/mol. The lowest BCUT2D eigenvalue weighted by molar-refractivity contribution is -0.161. The number of phosphoric ester groups is 2. The summed E-state index contributed by atoms with van der Waals surface area (Å²) in [6.07, 6.45) is 53.4. The van der Waals surface area contributed by atoms with Gasteiger partial charge in [0.2, 0.25) is 0 Å². The summed E-state index contributed by atoms with van der Waals surface area (Å²) in [6, 6.07) is 0. The fourth-order valence-corrected chi connectivity index (χ4v) is 12.6. The summed E-state index contributed by atoms with van der Waals surface area (Å²) >= 11 is 0. The van der Waals surface area contributed by atoms with Gasteiger partial charge in [-0.25, -0.2) is 9.13 Å². The Labute approximate surface area is 556 Å². The van der Waals surface area contributed by atoms with Gasteiger partial charge < -0.3 is 33.8 Å². The number of hydrogen-bond donors (Lipinski definition) is 3. The van der Waals surface area contributed by atoms with Crippen molar-refractivity contribution < 1.29 is 80.2 Å². The Kier molecular flexibility index (Phi) is 64.0. The van der Waals surface area contributed by atoms with Gasteiger partial charge in [0.15, 0.2) is 12.2 Å². The molecule has 0 radical (unpaired) electrons. The second-order valence-corrected chi connectivity index (χ2v) is 29.4. The van der Waals surface area contributed by atoms with Crippen molar-refractivity contribution in [2.24, 2.45) is 5.92 Å². The number of hydrogen-bond acceptors (Lipinski definition) is 15. The molecule has 19 heteroatoms.